The van der Waals surface area contributed by atoms with E-state index in [-0.39, 0.29) is 25.4 Å². The number of rotatable bonds is 2. The van der Waals surface area contributed by atoms with Gasteiger partial charge < -0.3 is 10.2 Å². The molecule has 112 valence electrons. The third-order valence-corrected chi connectivity index (χ3v) is 5.03. The zero-order chi connectivity index (χ0) is 15.9. The molecule has 2 N–H and O–H groups in total. The SMILES string of the molecule is O=c1[nH]c2c(S(=O)(=O)c3ccccc3)cccc2c(=O)n1O. The predicted molar refractivity (Wildman–Crippen MR) is 77.9 cm³/mol. The highest BCUT2D eigenvalue weighted by molar-refractivity contribution is 7.91. The highest BCUT2D eigenvalue weighted by Gasteiger charge is 2.22. The summed E-state index contributed by atoms with van der Waals surface area (Å²) in [5, 5.41) is 9.23. The lowest BCUT2D eigenvalue weighted by Gasteiger charge is -2.08. The van der Waals surface area contributed by atoms with Gasteiger partial charge in [0.15, 0.2) is 0 Å². The number of aromatic nitrogens is 2. The quantitative estimate of drug-likeness (QED) is 0.678. The van der Waals surface area contributed by atoms with Crippen LogP contribution in [0.1, 0.15) is 0 Å². The molecule has 8 heteroatoms. The first kappa shape index (κ1) is 14.1. The molecule has 22 heavy (non-hydrogen) atoms. The van der Waals surface area contributed by atoms with Crippen LogP contribution < -0.4 is 11.2 Å². The summed E-state index contributed by atoms with van der Waals surface area (Å²) in [6.07, 6.45) is 0. The van der Waals surface area contributed by atoms with Crippen LogP contribution in [-0.4, -0.2) is 23.3 Å². The van der Waals surface area contributed by atoms with Crippen LogP contribution in [0.5, 0.6) is 0 Å². The van der Waals surface area contributed by atoms with Gasteiger partial charge in [0.2, 0.25) is 9.84 Å². The Balaban J connectivity index is 2.43. The standard InChI is InChI=1S/C14H10N2O5S/c17-13-10-7-4-8-11(12(10)15-14(18)16(13)19)22(20,21)9-5-2-1-3-6-9/h1-8,19H,(H,15,18). The number of hydrogen-bond donors (Lipinski definition) is 2. The lowest BCUT2D eigenvalue weighted by atomic mass is 10.2. The molecule has 0 amide bonds. The predicted octanol–water partition coefficient (Wildman–Crippen LogP) is 0.760. The molecule has 7 nitrogen and oxygen atoms in total. The first-order valence-corrected chi connectivity index (χ1v) is 7.68. The number of nitrogens with zero attached hydrogens (tertiary/aromatic N) is 1. The maximum absolute atomic E-state index is 12.7. The molecule has 0 atom stereocenters. The fourth-order valence-electron chi connectivity index (χ4n) is 2.16. The number of aromatic amines is 1. The Morgan fingerprint density at radius 2 is 1.64 bits per heavy atom. The topological polar surface area (TPSA) is 109 Å². The summed E-state index contributed by atoms with van der Waals surface area (Å²) < 4.78 is 25.2. The van der Waals surface area contributed by atoms with Crippen molar-refractivity contribution >= 4 is 20.7 Å². The van der Waals surface area contributed by atoms with E-state index in [1.807, 2.05) is 0 Å². The van der Waals surface area contributed by atoms with Gasteiger partial charge in [0.1, 0.15) is 0 Å². The summed E-state index contributed by atoms with van der Waals surface area (Å²) in [6, 6.07) is 11.6. The van der Waals surface area contributed by atoms with Crippen LogP contribution in [0, 0.1) is 0 Å². The van der Waals surface area contributed by atoms with E-state index >= 15 is 0 Å². The Bertz CT molecular complexity index is 1080. The highest BCUT2D eigenvalue weighted by Crippen LogP contribution is 2.24. The van der Waals surface area contributed by atoms with Crippen molar-refractivity contribution in [1.82, 2.24) is 9.71 Å². The Hall–Kier alpha value is -2.87. The monoisotopic (exact) mass is 318 g/mol. The minimum atomic E-state index is -3.91. The number of benzene rings is 2. The molecular formula is C14H10N2O5S. The van der Waals surface area contributed by atoms with Gasteiger partial charge >= 0.3 is 5.69 Å². The molecule has 0 saturated carbocycles. The van der Waals surface area contributed by atoms with Crippen LogP contribution in [0.25, 0.3) is 10.9 Å². The summed E-state index contributed by atoms with van der Waals surface area (Å²) in [6.45, 7) is 0. The molecule has 0 unspecified atom stereocenters. The van der Waals surface area contributed by atoms with Crippen molar-refractivity contribution in [3.8, 4) is 0 Å². The molecule has 0 spiro atoms. The molecule has 0 aliphatic heterocycles. The van der Waals surface area contributed by atoms with E-state index in [9.17, 15) is 23.2 Å². The third-order valence-electron chi connectivity index (χ3n) is 3.22. The number of nitrogens with one attached hydrogen (secondary N) is 1. The van der Waals surface area contributed by atoms with Crippen molar-refractivity contribution in [3.05, 3.63) is 69.4 Å². The van der Waals surface area contributed by atoms with Crippen LogP contribution in [-0.2, 0) is 9.84 Å². The van der Waals surface area contributed by atoms with Crippen molar-refractivity contribution in [1.29, 1.82) is 0 Å². The van der Waals surface area contributed by atoms with Crippen LogP contribution in [0.4, 0.5) is 0 Å². The lowest BCUT2D eigenvalue weighted by Crippen LogP contribution is -2.33. The second-order valence-corrected chi connectivity index (χ2v) is 6.46. The molecule has 1 heterocycles. The lowest BCUT2D eigenvalue weighted by molar-refractivity contribution is 0.162. The Kier molecular flexibility index (Phi) is 3.10. The maximum atomic E-state index is 12.7. The molecule has 0 saturated heterocycles. The normalized spacial score (nSPS) is 11.6. The smallest absolute Gasteiger partial charge is 0.362 e. The molecule has 0 aliphatic rings. The molecule has 0 fully saturated rings. The van der Waals surface area contributed by atoms with Crippen molar-refractivity contribution in [2.24, 2.45) is 0 Å². The summed E-state index contributed by atoms with van der Waals surface area (Å²) >= 11 is 0. The molecule has 0 radical (unpaired) electrons. The highest BCUT2D eigenvalue weighted by atomic mass is 32.2. The van der Waals surface area contributed by atoms with E-state index in [1.54, 1.807) is 18.2 Å². The van der Waals surface area contributed by atoms with Crippen LogP contribution in [0.2, 0.25) is 0 Å². The molecule has 2 aromatic carbocycles. The summed E-state index contributed by atoms with van der Waals surface area (Å²) in [5.74, 6) is 0. The van der Waals surface area contributed by atoms with Crippen molar-refractivity contribution in [3.63, 3.8) is 0 Å². The van der Waals surface area contributed by atoms with Gasteiger partial charge in [-0.25, -0.2) is 13.2 Å². The largest absolute Gasteiger partial charge is 0.421 e. The number of fused-ring (bicyclic) bond motifs is 1. The van der Waals surface area contributed by atoms with Gasteiger partial charge in [0.05, 0.1) is 20.7 Å². The second kappa shape index (κ2) is 4.85. The summed E-state index contributed by atoms with van der Waals surface area (Å²) in [7, 11) is -3.91. The van der Waals surface area contributed by atoms with E-state index < -0.39 is 21.1 Å². The van der Waals surface area contributed by atoms with E-state index in [1.165, 1.54) is 30.3 Å². The van der Waals surface area contributed by atoms with Crippen LogP contribution in [0.3, 0.4) is 0 Å². The molecule has 0 bridgehead atoms. The zero-order valence-electron chi connectivity index (χ0n) is 11.1. The Morgan fingerprint density at radius 3 is 2.32 bits per heavy atom. The van der Waals surface area contributed by atoms with Crippen molar-refractivity contribution < 1.29 is 13.6 Å². The van der Waals surface area contributed by atoms with Crippen molar-refractivity contribution in [2.75, 3.05) is 0 Å². The summed E-state index contributed by atoms with van der Waals surface area (Å²) in [4.78, 5) is 25.5. The Morgan fingerprint density at radius 1 is 0.955 bits per heavy atom. The summed E-state index contributed by atoms with van der Waals surface area (Å²) in [5.41, 5.74) is -2.22. The number of sulfone groups is 1. The molecule has 3 rings (SSSR count). The third kappa shape index (κ3) is 2.01. The molecule has 3 aromatic rings. The average Bonchev–Trinajstić information content (AvgIpc) is 2.53. The average molecular weight is 318 g/mol. The van der Waals surface area contributed by atoms with Crippen LogP contribution in [0.15, 0.2) is 67.9 Å². The van der Waals surface area contributed by atoms with Crippen molar-refractivity contribution in [2.45, 2.75) is 9.79 Å². The maximum Gasteiger partial charge on any atom is 0.362 e. The molecule has 1 aromatic heterocycles. The fraction of sp³-hybridized carbons (Fsp3) is 0. The molecule has 0 aliphatic carbocycles. The first-order valence-electron chi connectivity index (χ1n) is 6.20. The zero-order valence-corrected chi connectivity index (χ0v) is 11.9. The number of hydrogen-bond acceptors (Lipinski definition) is 5. The first-order chi connectivity index (χ1) is 10.4. The fourth-order valence-corrected chi connectivity index (χ4v) is 3.61. The van der Waals surface area contributed by atoms with E-state index in [2.05, 4.69) is 4.98 Å². The number of para-hydroxylation sites is 1. The Labute approximate surface area is 124 Å². The van der Waals surface area contributed by atoms with Gasteiger partial charge in [0, 0.05) is 0 Å². The van der Waals surface area contributed by atoms with Gasteiger partial charge in [-0.3, -0.25) is 4.79 Å². The van der Waals surface area contributed by atoms with Gasteiger partial charge in [-0.05, 0) is 24.3 Å². The minimum absolute atomic E-state index is 0.0385. The van der Waals surface area contributed by atoms with E-state index in [4.69, 9.17) is 0 Å². The van der Waals surface area contributed by atoms with E-state index in [0.717, 1.165) is 0 Å². The van der Waals surface area contributed by atoms with E-state index in [0.29, 0.717) is 0 Å². The second-order valence-electron chi connectivity index (χ2n) is 4.54. The van der Waals surface area contributed by atoms with Gasteiger partial charge in [-0.15, -0.1) is 0 Å². The molecular weight excluding hydrogens is 308 g/mol. The van der Waals surface area contributed by atoms with Gasteiger partial charge in [0.25, 0.3) is 5.56 Å². The van der Waals surface area contributed by atoms with Crippen LogP contribution >= 0.6 is 0 Å². The van der Waals surface area contributed by atoms with Gasteiger partial charge in [-0.1, -0.05) is 29.0 Å². The minimum Gasteiger partial charge on any atom is -0.421 e. The number of H-pyrrole nitrogens is 1. The van der Waals surface area contributed by atoms with Gasteiger partial charge in [-0.2, -0.15) is 0 Å².